The zero-order chi connectivity index (χ0) is 28.1. The third-order valence-electron chi connectivity index (χ3n) is 5.12. The standard InChI is InChI=1S/C23H32O5.C6H8.C2H6O/c1-16(2)14-22(25)21-10-9-20(15-23(21)26-6)28-12-7-8-17(3)18(4)11-13-27-19(5)24;1-2-4-6-5-3-1;1-3-2/h7-10,15-16H,11-14H2,1-6H3;1-4H,5-6H2;1-2H3/b8-7-,18-17-;;. The average molecular weight is 515 g/mol. The van der Waals surface area contributed by atoms with Gasteiger partial charge in [-0.3, -0.25) is 9.59 Å². The predicted molar refractivity (Wildman–Crippen MR) is 151 cm³/mol. The number of esters is 1. The van der Waals surface area contributed by atoms with Crippen LogP contribution in [0.1, 0.15) is 70.7 Å². The van der Waals surface area contributed by atoms with Gasteiger partial charge in [0.1, 0.15) is 18.1 Å². The molecule has 6 heteroatoms. The van der Waals surface area contributed by atoms with E-state index in [1.165, 1.54) is 19.8 Å². The van der Waals surface area contributed by atoms with Crippen LogP contribution < -0.4 is 9.47 Å². The summed E-state index contributed by atoms with van der Waals surface area (Å²) in [5, 5.41) is 0. The second kappa shape index (κ2) is 21.0. The van der Waals surface area contributed by atoms with Crippen molar-refractivity contribution in [3.05, 3.63) is 71.4 Å². The highest BCUT2D eigenvalue weighted by molar-refractivity contribution is 5.99. The third kappa shape index (κ3) is 17.1. The number of methoxy groups -OCH3 is 2. The van der Waals surface area contributed by atoms with E-state index in [0.29, 0.717) is 49.0 Å². The highest BCUT2D eigenvalue weighted by Crippen LogP contribution is 2.26. The molecule has 1 aromatic rings. The van der Waals surface area contributed by atoms with Gasteiger partial charge in [-0.05, 0) is 50.8 Å². The Balaban J connectivity index is 0.00000121. The fraction of sp³-hybridized carbons (Fsp3) is 0.484. The maximum absolute atomic E-state index is 12.3. The highest BCUT2D eigenvalue weighted by atomic mass is 16.5. The van der Waals surface area contributed by atoms with Crippen LogP contribution >= 0.6 is 0 Å². The van der Waals surface area contributed by atoms with E-state index in [1.807, 2.05) is 39.8 Å². The van der Waals surface area contributed by atoms with Gasteiger partial charge in [-0.15, -0.1) is 0 Å². The molecule has 206 valence electrons. The van der Waals surface area contributed by atoms with Crippen LogP contribution in [-0.4, -0.2) is 46.3 Å². The summed E-state index contributed by atoms with van der Waals surface area (Å²) in [7, 11) is 4.80. The van der Waals surface area contributed by atoms with Crippen molar-refractivity contribution in [2.24, 2.45) is 5.92 Å². The summed E-state index contributed by atoms with van der Waals surface area (Å²) >= 11 is 0. The first-order valence-electron chi connectivity index (χ1n) is 12.7. The van der Waals surface area contributed by atoms with Crippen molar-refractivity contribution in [1.29, 1.82) is 0 Å². The Bertz CT molecular complexity index is 910. The number of hydrogen-bond donors (Lipinski definition) is 0. The largest absolute Gasteiger partial charge is 0.496 e. The number of carbonyl (C=O) groups is 2. The number of carbonyl (C=O) groups excluding carboxylic acids is 2. The Hall–Kier alpha value is -3.12. The molecule has 0 amide bonds. The summed E-state index contributed by atoms with van der Waals surface area (Å²) in [4.78, 5) is 23.1. The van der Waals surface area contributed by atoms with Crippen LogP contribution in [0.15, 0.2) is 65.8 Å². The van der Waals surface area contributed by atoms with Gasteiger partial charge in [0.25, 0.3) is 0 Å². The lowest BCUT2D eigenvalue weighted by Gasteiger charge is -2.11. The van der Waals surface area contributed by atoms with Gasteiger partial charge >= 0.3 is 5.97 Å². The van der Waals surface area contributed by atoms with Crippen molar-refractivity contribution in [2.45, 2.75) is 60.3 Å². The van der Waals surface area contributed by atoms with E-state index < -0.39 is 0 Å². The molecule has 0 N–H and O–H groups in total. The molecule has 1 aromatic carbocycles. The van der Waals surface area contributed by atoms with Gasteiger partial charge in [0.15, 0.2) is 5.78 Å². The van der Waals surface area contributed by atoms with Crippen molar-refractivity contribution in [2.75, 3.05) is 34.5 Å². The first-order chi connectivity index (χ1) is 17.7. The van der Waals surface area contributed by atoms with E-state index in [9.17, 15) is 9.59 Å². The molecule has 0 aromatic heterocycles. The van der Waals surface area contributed by atoms with Gasteiger partial charge in [-0.2, -0.15) is 0 Å². The maximum Gasteiger partial charge on any atom is 0.302 e. The summed E-state index contributed by atoms with van der Waals surface area (Å²) in [5.74, 6) is 1.29. The Kier molecular flexibility index (Phi) is 19.2. The van der Waals surface area contributed by atoms with E-state index >= 15 is 0 Å². The van der Waals surface area contributed by atoms with E-state index in [0.717, 1.165) is 11.1 Å². The normalized spacial score (nSPS) is 12.7. The molecule has 0 bridgehead atoms. The molecule has 0 spiro atoms. The predicted octanol–water partition coefficient (Wildman–Crippen LogP) is 7.30. The number of Topliss-reactive ketones (excluding diaryl/α,β-unsaturated/α-hetero) is 1. The summed E-state index contributed by atoms with van der Waals surface area (Å²) in [6, 6.07) is 5.29. The lowest BCUT2D eigenvalue weighted by Crippen LogP contribution is -2.06. The van der Waals surface area contributed by atoms with Crippen LogP contribution in [-0.2, 0) is 14.3 Å². The average Bonchev–Trinajstić information content (AvgIpc) is 2.87. The fourth-order valence-corrected chi connectivity index (χ4v) is 3.07. The Morgan fingerprint density at radius 2 is 1.62 bits per heavy atom. The van der Waals surface area contributed by atoms with E-state index in [2.05, 4.69) is 29.0 Å². The van der Waals surface area contributed by atoms with Crippen molar-refractivity contribution in [3.63, 3.8) is 0 Å². The molecule has 0 heterocycles. The lowest BCUT2D eigenvalue weighted by atomic mass is 10.0. The first-order valence-corrected chi connectivity index (χ1v) is 12.7. The number of rotatable bonds is 11. The maximum atomic E-state index is 12.3. The zero-order valence-corrected chi connectivity index (χ0v) is 24.0. The van der Waals surface area contributed by atoms with Crippen LogP contribution in [0.3, 0.4) is 0 Å². The summed E-state index contributed by atoms with van der Waals surface area (Å²) in [5.41, 5.74) is 2.86. The molecule has 6 nitrogen and oxygen atoms in total. The summed E-state index contributed by atoms with van der Waals surface area (Å²) in [6.45, 7) is 10.3. The van der Waals surface area contributed by atoms with Gasteiger partial charge in [-0.25, -0.2) is 0 Å². The fourth-order valence-electron chi connectivity index (χ4n) is 3.07. The molecule has 1 aliphatic carbocycles. The molecule has 1 aliphatic rings. The molecule has 0 saturated carbocycles. The van der Waals surface area contributed by atoms with Crippen LogP contribution in [0.5, 0.6) is 11.5 Å². The molecule has 2 rings (SSSR count). The summed E-state index contributed by atoms with van der Waals surface area (Å²) < 4.78 is 20.3. The minimum Gasteiger partial charge on any atom is -0.496 e. The Morgan fingerprint density at radius 3 is 2.11 bits per heavy atom. The smallest absolute Gasteiger partial charge is 0.302 e. The molecular formula is C31H46O6. The van der Waals surface area contributed by atoms with Gasteiger partial charge in [0.05, 0.1) is 19.3 Å². The van der Waals surface area contributed by atoms with E-state index in [-0.39, 0.29) is 11.8 Å². The minimum absolute atomic E-state index is 0.0725. The zero-order valence-electron chi connectivity index (χ0n) is 24.0. The molecule has 0 fully saturated rings. The minimum atomic E-state index is -0.262. The Morgan fingerprint density at radius 1 is 1.00 bits per heavy atom. The molecule has 37 heavy (non-hydrogen) atoms. The van der Waals surface area contributed by atoms with Crippen LogP contribution in [0, 0.1) is 5.92 Å². The molecule has 0 atom stereocenters. The van der Waals surface area contributed by atoms with Gasteiger partial charge in [-0.1, -0.05) is 55.4 Å². The third-order valence-corrected chi connectivity index (χ3v) is 5.12. The van der Waals surface area contributed by atoms with Crippen molar-refractivity contribution in [1.82, 2.24) is 0 Å². The van der Waals surface area contributed by atoms with Crippen molar-refractivity contribution in [3.8, 4) is 11.5 Å². The number of ketones is 1. The van der Waals surface area contributed by atoms with Gasteiger partial charge in [0.2, 0.25) is 0 Å². The molecule has 0 saturated heterocycles. The molecule has 0 aliphatic heterocycles. The van der Waals surface area contributed by atoms with E-state index in [1.54, 1.807) is 39.5 Å². The second-order valence-corrected chi connectivity index (χ2v) is 8.99. The first kappa shape index (κ1) is 33.9. The number of hydrogen-bond acceptors (Lipinski definition) is 6. The lowest BCUT2D eigenvalue weighted by molar-refractivity contribution is -0.140. The monoisotopic (exact) mass is 514 g/mol. The molecule has 0 radical (unpaired) electrons. The number of benzene rings is 1. The molecule has 0 unspecified atom stereocenters. The van der Waals surface area contributed by atoms with Crippen LogP contribution in [0.4, 0.5) is 0 Å². The number of allylic oxidation sites excluding steroid dienone is 6. The van der Waals surface area contributed by atoms with Crippen LogP contribution in [0.2, 0.25) is 0 Å². The molecular weight excluding hydrogens is 468 g/mol. The van der Waals surface area contributed by atoms with Crippen molar-refractivity contribution >= 4 is 11.8 Å². The topological polar surface area (TPSA) is 71.1 Å². The van der Waals surface area contributed by atoms with Gasteiger partial charge < -0.3 is 18.9 Å². The van der Waals surface area contributed by atoms with Crippen LogP contribution in [0.25, 0.3) is 0 Å². The number of ether oxygens (including phenoxy) is 4. The second-order valence-electron chi connectivity index (χ2n) is 8.99. The SMILES string of the molecule is C1=CCCC=C1.COC.COc1cc(OC/C=C\C(C)=C(\C)CCOC(C)=O)ccc1C(=O)CC(C)C. The Labute approximate surface area is 224 Å². The highest BCUT2D eigenvalue weighted by Gasteiger charge is 2.14. The van der Waals surface area contributed by atoms with Crippen molar-refractivity contribution < 1.29 is 28.5 Å². The summed E-state index contributed by atoms with van der Waals surface area (Å²) in [6.07, 6.45) is 16.1. The quantitative estimate of drug-likeness (QED) is 0.175. The van der Waals surface area contributed by atoms with E-state index in [4.69, 9.17) is 14.2 Å². The van der Waals surface area contributed by atoms with Gasteiger partial charge in [0, 0.05) is 40.1 Å².